The highest BCUT2D eigenvalue weighted by Crippen LogP contribution is 2.33. The van der Waals surface area contributed by atoms with Gasteiger partial charge in [0.05, 0.1) is 10.0 Å². The molecular formula is C13H10BrN3S. The Bertz CT molecular complexity index is 607. The number of rotatable bonds is 3. The van der Waals surface area contributed by atoms with Crippen molar-refractivity contribution in [1.82, 2.24) is 4.98 Å². The van der Waals surface area contributed by atoms with E-state index in [1.807, 2.05) is 30.3 Å². The lowest BCUT2D eigenvalue weighted by atomic mass is 10.1. The van der Waals surface area contributed by atoms with Gasteiger partial charge in [0, 0.05) is 17.6 Å². The zero-order valence-corrected chi connectivity index (χ0v) is 11.8. The van der Waals surface area contributed by atoms with Crippen molar-refractivity contribution in [3.63, 3.8) is 0 Å². The largest absolute Gasteiger partial charge is 0.326 e. The van der Waals surface area contributed by atoms with Gasteiger partial charge in [-0.1, -0.05) is 17.8 Å². The molecule has 2 rings (SSSR count). The van der Waals surface area contributed by atoms with E-state index in [1.165, 1.54) is 11.8 Å². The number of nitrogens with two attached hydrogens (primary N) is 1. The van der Waals surface area contributed by atoms with Gasteiger partial charge in [0.2, 0.25) is 0 Å². The van der Waals surface area contributed by atoms with Gasteiger partial charge in [0.1, 0.15) is 11.1 Å². The van der Waals surface area contributed by atoms with E-state index in [0.29, 0.717) is 12.1 Å². The van der Waals surface area contributed by atoms with Crippen LogP contribution in [0.1, 0.15) is 11.1 Å². The third-order valence-electron chi connectivity index (χ3n) is 2.33. The maximum atomic E-state index is 9.15. The minimum Gasteiger partial charge on any atom is -0.326 e. The molecule has 0 amide bonds. The summed E-state index contributed by atoms with van der Waals surface area (Å²) in [5.74, 6) is 0. The molecule has 0 aliphatic heterocycles. The Morgan fingerprint density at radius 2 is 2.22 bits per heavy atom. The van der Waals surface area contributed by atoms with E-state index in [4.69, 9.17) is 11.0 Å². The minimum absolute atomic E-state index is 0.437. The molecule has 18 heavy (non-hydrogen) atoms. The standard InChI is InChI=1S/C13H10BrN3S/c14-11-2-1-5-17-13(11)18-12-4-3-9(7-15)6-10(12)8-16/h1-6H,7,15H2. The molecule has 5 heteroatoms. The number of nitrogens with zero attached hydrogens (tertiary/aromatic N) is 2. The molecule has 1 aromatic heterocycles. The Balaban J connectivity index is 2.35. The average Bonchev–Trinajstić information content (AvgIpc) is 2.41. The summed E-state index contributed by atoms with van der Waals surface area (Å²) in [6, 6.07) is 11.6. The molecule has 0 spiro atoms. The summed E-state index contributed by atoms with van der Waals surface area (Å²) in [6.45, 7) is 0.437. The van der Waals surface area contributed by atoms with Gasteiger partial charge in [-0.3, -0.25) is 0 Å². The number of halogens is 1. The first-order valence-electron chi connectivity index (χ1n) is 5.26. The molecular weight excluding hydrogens is 310 g/mol. The Labute approximate surface area is 118 Å². The van der Waals surface area contributed by atoms with Crippen LogP contribution in [0.5, 0.6) is 0 Å². The van der Waals surface area contributed by atoms with Crippen molar-refractivity contribution in [3.8, 4) is 6.07 Å². The number of pyridine rings is 1. The number of benzene rings is 1. The lowest BCUT2D eigenvalue weighted by Gasteiger charge is -2.06. The van der Waals surface area contributed by atoms with E-state index in [9.17, 15) is 0 Å². The second kappa shape index (κ2) is 6.01. The number of hydrogen-bond donors (Lipinski definition) is 1. The Morgan fingerprint density at radius 3 is 2.89 bits per heavy atom. The zero-order valence-electron chi connectivity index (χ0n) is 9.43. The molecule has 90 valence electrons. The fourth-order valence-electron chi connectivity index (χ4n) is 1.43. The van der Waals surface area contributed by atoms with Crippen molar-refractivity contribution in [1.29, 1.82) is 5.26 Å². The molecule has 1 aromatic carbocycles. The van der Waals surface area contributed by atoms with Gasteiger partial charge in [-0.25, -0.2) is 4.98 Å². The van der Waals surface area contributed by atoms with Crippen molar-refractivity contribution < 1.29 is 0 Å². The highest BCUT2D eigenvalue weighted by atomic mass is 79.9. The predicted octanol–water partition coefficient (Wildman–Crippen LogP) is 3.33. The van der Waals surface area contributed by atoms with Crippen LogP contribution in [0.4, 0.5) is 0 Å². The van der Waals surface area contributed by atoms with E-state index in [2.05, 4.69) is 27.0 Å². The first-order valence-corrected chi connectivity index (χ1v) is 6.87. The summed E-state index contributed by atoms with van der Waals surface area (Å²) < 4.78 is 0.918. The van der Waals surface area contributed by atoms with Crippen LogP contribution < -0.4 is 5.73 Å². The van der Waals surface area contributed by atoms with Crippen molar-refractivity contribution >= 4 is 27.7 Å². The van der Waals surface area contributed by atoms with Gasteiger partial charge < -0.3 is 5.73 Å². The van der Waals surface area contributed by atoms with Gasteiger partial charge in [-0.2, -0.15) is 5.26 Å². The monoisotopic (exact) mass is 319 g/mol. The van der Waals surface area contributed by atoms with E-state index in [-0.39, 0.29) is 0 Å². The first-order chi connectivity index (χ1) is 8.74. The normalized spacial score (nSPS) is 10.1. The van der Waals surface area contributed by atoms with Crippen LogP contribution >= 0.6 is 27.7 Å². The quantitative estimate of drug-likeness (QED) is 0.942. The van der Waals surface area contributed by atoms with Crippen molar-refractivity contribution in [2.75, 3.05) is 0 Å². The summed E-state index contributed by atoms with van der Waals surface area (Å²) in [5, 5.41) is 9.99. The number of hydrogen-bond acceptors (Lipinski definition) is 4. The fourth-order valence-corrected chi connectivity index (χ4v) is 2.77. The van der Waals surface area contributed by atoms with Crippen molar-refractivity contribution in [2.45, 2.75) is 16.5 Å². The second-order valence-electron chi connectivity index (χ2n) is 3.54. The molecule has 2 N–H and O–H groups in total. The maximum absolute atomic E-state index is 9.15. The van der Waals surface area contributed by atoms with E-state index < -0.39 is 0 Å². The van der Waals surface area contributed by atoms with Crippen molar-refractivity contribution in [2.24, 2.45) is 5.73 Å². The van der Waals surface area contributed by atoms with Crippen LogP contribution in [0, 0.1) is 11.3 Å². The molecule has 0 fully saturated rings. The molecule has 0 aliphatic carbocycles. The van der Waals surface area contributed by atoms with Gasteiger partial charge >= 0.3 is 0 Å². The summed E-state index contributed by atoms with van der Waals surface area (Å²) in [7, 11) is 0. The van der Waals surface area contributed by atoms with E-state index in [1.54, 1.807) is 6.20 Å². The highest BCUT2D eigenvalue weighted by Gasteiger charge is 2.08. The number of nitriles is 1. The van der Waals surface area contributed by atoms with E-state index >= 15 is 0 Å². The molecule has 1 heterocycles. The van der Waals surface area contributed by atoms with Gasteiger partial charge in [-0.05, 0) is 45.8 Å². The van der Waals surface area contributed by atoms with Gasteiger partial charge in [-0.15, -0.1) is 0 Å². The van der Waals surface area contributed by atoms with Crippen LogP contribution in [0.25, 0.3) is 0 Å². The molecule has 0 saturated carbocycles. The summed E-state index contributed by atoms with van der Waals surface area (Å²) in [6.07, 6.45) is 1.73. The minimum atomic E-state index is 0.437. The Kier molecular flexibility index (Phi) is 4.37. The fraction of sp³-hybridized carbons (Fsp3) is 0.0769. The summed E-state index contributed by atoms with van der Waals surface area (Å²) >= 11 is 4.91. The molecule has 0 unspecified atom stereocenters. The van der Waals surface area contributed by atoms with Crippen molar-refractivity contribution in [3.05, 3.63) is 52.1 Å². The van der Waals surface area contributed by atoms with Gasteiger partial charge in [0.15, 0.2) is 0 Å². The topological polar surface area (TPSA) is 62.7 Å². The molecule has 0 saturated heterocycles. The SMILES string of the molecule is N#Cc1cc(CN)ccc1Sc1ncccc1Br. The predicted molar refractivity (Wildman–Crippen MR) is 75.1 cm³/mol. The second-order valence-corrected chi connectivity index (χ2v) is 5.42. The molecule has 2 aromatic rings. The molecule has 0 radical (unpaired) electrons. The van der Waals surface area contributed by atoms with Gasteiger partial charge in [0.25, 0.3) is 0 Å². The summed E-state index contributed by atoms with van der Waals surface area (Å²) in [4.78, 5) is 5.16. The Hall–Kier alpha value is -1.35. The molecule has 0 atom stereocenters. The first kappa shape index (κ1) is 13.1. The van der Waals surface area contributed by atoms with Crippen LogP contribution in [0.15, 0.2) is 50.9 Å². The smallest absolute Gasteiger partial charge is 0.115 e. The maximum Gasteiger partial charge on any atom is 0.115 e. The summed E-state index contributed by atoms with van der Waals surface area (Å²) in [5.41, 5.74) is 7.14. The average molecular weight is 320 g/mol. The highest BCUT2D eigenvalue weighted by molar-refractivity contribution is 9.10. The van der Waals surface area contributed by atoms with Crippen LogP contribution in [-0.4, -0.2) is 4.98 Å². The Morgan fingerprint density at radius 1 is 1.39 bits per heavy atom. The number of aromatic nitrogens is 1. The van der Waals surface area contributed by atoms with Crippen LogP contribution in [0.2, 0.25) is 0 Å². The third-order valence-corrected chi connectivity index (χ3v) is 4.33. The van der Waals surface area contributed by atoms with E-state index in [0.717, 1.165) is 20.0 Å². The van der Waals surface area contributed by atoms with Crippen LogP contribution in [-0.2, 0) is 6.54 Å². The molecule has 0 aliphatic rings. The molecule has 0 bridgehead atoms. The molecule has 3 nitrogen and oxygen atoms in total. The zero-order chi connectivity index (χ0) is 13.0. The van der Waals surface area contributed by atoms with Crippen LogP contribution in [0.3, 0.4) is 0 Å². The third kappa shape index (κ3) is 2.91. The lowest BCUT2D eigenvalue weighted by Crippen LogP contribution is -1.97. The lowest BCUT2D eigenvalue weighted by molar-refractivity contribution is 1.06.